The van der Waals surface area contributed by atoms with E-state index in [2.05, 4.69) is 15.0 Å². The van der Waals surface area contributed by atoms with Gasteiger partial charge in [0.1, 0.15) is 5.75 Å². The second-order valence-electron chi connectivity index (χ2n) is 6.01. The molecule has 0 aliphatic heterocycles. The van der Waals surface area contributed by atoms with Gasteiger partial charge in [0.25, 0.3) is 0 Å². The third kappa shape index (κ3) is 7.23. The van der Waals surface area contributed by atoms with E-state index in [0.29, 0.717) is 12.2 Å². The van der Waals surface area contributed by atoms with Gasteiger partial charge < -0.3 is 20.5 Å². The zero-order valence-corrected chi connectivity index (χ0v) is 13.6. The maximum absolute atomic E-state index is 12.1. The van der Waals surface area contributed by atoms with Crippen LogP contribution in [0.1, 0.15) is 20.8 Å². The summed E-state index contributed by atoms with van der Waals surface area (Å²) < 4.78 is 45.4. The van der Waals surface area contributed by atoms with Crippen molar-refractivity contribution in [1.82, 2.24) is 0 Å². The summed E-state index contributed by atoms with van der Waals surface area (Å²) in [5.74, 6) is -0.147. The summed E-state index contributed by atoms with van der Waals surface area (Å²) in [5.41, 5.74) is 6.18. The summed E-state index contributed by atoms with van der Waals surface area (Å²) >= 11 is 0. The molecule has 0 spiro atoms. The van der Waals surface area contributed by atoms with Gasteiger partial charge in [-0.2, -0.15) is 0 Å². The van der Waals surface area contributed by atoms with E-state index in [9.17, 15) is 13.2 Å². The SMILES string of the molecule is COC(CN=C(N)Nc1ccc(OC(F)(F)F)cc1)C(C)(C)C. The molecule has 23 heavy (non-hydrogen) atoms. The fourth-order valence-electron chi connectivity index (χ4n) is 1.81. The van der Waals surface area contributed by atoms with Crippen LogP contribution in [0.25, 0.3) is 0 Å². The van der Waals surface area contributed by atoms with Gasteiger partial charge in [-0.3, -0.25) is 4.99 Å². The Morgan fingerprint density at radius 1 is 1.22 bits per heavy atom. The number of halogens is 3. The Hall–Kier alpha value is -1.96. The van der Waals surface area contributed by atoms with Crippen molar-refractivity contribution >= 4 is 11.6 Å². The number of rotatable bonds is 5. The van der Waals surface area contributed by atoms with Crippen LogP contribution < -0.4 is 15.8 Å². The number of guanidine groups is 1. The molecule has 0 aliphatic carbocycles. The number of hydrogen-bond donors (Lipinski definition) is 2. The van der Waals surface area contributed by atoms with E-state index in [1.165, 1.54) is 24.3 Å². The molecule has 5 nitrogen and oxygen atoms in total. The van der Waals surface area contributed by atoms with Gasteiger partial charge in [0.2, 0.25) is 0 Å². The zero-order valence-electron chi connectivity index (χ0n) is 13.6. The van der Waals surface area contributed by atoms with E-state index >= 15 is 0 Å². The molecule has 0 radical (unpaired) electrons. The van der Waals surface area contributed by atoms with Gasteiger partial charge in [-0.25, -0.2) is 0 Å². The predicted molar refractivity (Wildman–Crippen MR) is 83.5 cm³/mol. The first-order valence-electron chi connectivity index (χ1n) is 6.97. The molecule has 0 aromatic heterocycles. The molecule has 1 unspecified atom stereocenters. The van der Waals surface area contributed by atoms with Crippen molar-refractivity contribution in [2.24, 2.45) is 16.1 Å². The maximum Gasteiger partial charge on any atom is 0.573 e. The van der Waals surface area contributed by atoms with Gasteiger partial charge in [-0.15, -0.1) is 13.2 Å². The smallest absolute Gasteiger partial charge is 0.406 e. The van der Waals surface area contributed by atoms with E-state index in [-0.39, 0.29) is 23.2 Å². The molecule has 0 aliphatic rings. The highest BCUT2D eigenvalue weighted by atomic mass is 19.4. The van der Waals surface area contributed by atoms with Crippen molar-refractivity contribution < 1.29 is 22.6 Å². The van der Waals surface area contributed by atoms with Crippen LogP contribution in [0.15, 0.2) is 29.3 Å². The number of benzene rings is 1. The molecule has 0 saturated heterocycles. The average Bonchev–Trinajstić information content (AvgIpc) is 2.38. The van der Waals surface area contributed by atoms with Gasteiger partial charge >= 0.3 is 6.36 Å². The summed E-state index contributed by atoms with van der Waals surface area (Å²) in [6.07, 6.45) is -4.82. The minimum atomic E-state index is -4.71. The predicted octanol–water partition coefficient (Wildman–Crippen LogP) is 3.37. The quantitative estimate of drug-likeness (QED) is 0.640. The lowest BCUT2D eigenvalue weighted by molar-refractivity contribution is -0.274. The van der Waals surface area contributed by atoms with Crippen LogP contribution in [0.5, 0.6) is 5.75 Å². The van der Waals surface area contributed by atoms with E-state index in [4.69, 9.17) is 10.5 Å². The minimum absolute atomic E-state index is 0.0882. The van der Waals surface area contributed by atoms with E-state index < -0.39 is 6.36 Å². The van der Waals surface area contributed by atoms with Crippen LogP contribution in [0.4, 0.5) is 18.9 Å². The van der Waals surface area contributed by atoms with Crippen LogP contribution in [-0.2, 0) is 4.74 Å². The Bertz CT molecular complexity index is 522. The van der Waals surface area contributed by atoms with Crippen molar-refractivity contribution in [2.75, 3.05) is 19.0 Å². The fourth-order valence-corrected chi connectivity index (χ4v) is 1.81. The lowest BCUT2D eigenvalue weighted by Gasteiger charge is -2.27. The minimum Gasteiger partial charge on any atom is -0.406 e. The number of aliphatic imine (C=N–C) groups is 1. The molecule has 130 valence electrons. The van der Waals surface area contributed by atoms with Gasteiger partial charge in [0.15, 0.2) is 5.96 Å². The molecular formula is C15H22F3N3O2. The molecule has 8 heteroatoms. The summed E-state index contributed by atoms with van der Waals surface area (Å²) in [7, 11) is 1.61. The number of nitrogens with two attached hydrogens (primary N) is 1. The van der Waals surface area contributed by atoms with Crippen molar-refractivity contribution in [1.29, 1.82) is 0 Å². The summed E-state index contributed by atoms with van der Waals surface area (Å²) in [6.45, 7) is 6.45. The van der Waals surface area contributed by atoms with Crippen molar-refractivity contribution in [3.05, 3.63) is 24.3 Å². The van der Waals surface area contributed by atoms with E-state index in [0.717, 1.165) is 0 Å². The molecular weight excluding hydrogens is 311 g/mol. The molecule has 0 saturated carbocycles. The number of alkyl halides is 3. The molecule has 1 aromatic carbocycles. The first-order chi connectivity index (χ1) is 10.5. The van der Waals surface area contributed by atoms with Crippen LogP contribution in [0.3, 0.4) is 0 Å². The van der Waals surface area contributed by atoms with E-state index in [1.54, 1.807) is 7.11 Å². The van der Waals surface area contributed by atoms with Crippen LogP contribution in [0.2, 0.25) is 0 Å². The number of anilines is 1. The lowest BCUT2D eigenvalue weighted by Crippen LogP contribution is -2.33. The molecule has 0 bridgehead atoms. The van der Waals surface area contributed by atoms with Gasteiger partial charge in [0.05, 0.1) is 12.6 Å². The molecule has 0 heterocycles. The maximum atomic E-state index is 12.1. The third-order valence-corrected chi connectivity index (χ3v) is 3.04. The number of nitrogens with one attached hydrogen (secondary N) is 1. The van der Waals surface area contributed by atoms with Crippen LogP contribution in [-0.4, -0.2) is 32.1 Å². The van der Waals surface area contributed by atoms with Crippen molar-refractivity contribution in [3.8, 4) is 5.75 Å². The molecule has 1 rings (SSSR count). The monoisotopic (exact) mass is 333 g/mol. The average molecular weight is 333 g/mol. The number of nitrogens with zero attached hydrogens (tertiary/aromatic N) is 1. The molecule has 0 amide bonds. The highest BCUT2D eigenvalue weighted by molar-refractivity contribution is 5.92. The van der Waals surface area contributed by atoms with Gasteiger partial charge in [-0.05, 0) is 29.7 Å². The Morgan fingerprint density at radius 3 is 2.22 bits per heavy atom. The van der Waals surface area contributed by atoms with Gasteiger partial charge in [0, 0.05) is 12.8 Å². The van der Waals surface area contributed by atoms with Crippen molar-refractivity contribution in [2.45, 2.75) is 33.2 Å². The Kier molecular flexibility index (Phi) is 6.26. The zero-order chi connectivity index (χ0) is 17.7. The molecule has 1 atom stereocenters. The molecule has 3 N–H and O–H groups in total. The Morgan fingerprint density at radius 2 is 1.78 bits per heavy atom. The first-order valence-corrected chi connectivity index (χ1v) is 6.97. The second kappa shape index (κ2) is 7.54. The summed E-state index contributed by atoms with van der Waals surface area (Å²) in [4.78, 5) is 4.19. The second-order valence-corrected chi connectivity index (χ2v) is 6.01. The first kappa shape index (κ1) is 19.1. The number of methoxy groups -OCH3 is 1. The molecule has 1 aromatic rings. The van der Waals surface area contributed by atoms with Gasteiger partial charge in [-0.1, -0.05) is 20.8 Å². The van der Waals surface area contributed by atoms with E-state index in [1.807, 2.05) is 20.8 Å². The normalized spacial score (nSPS) is 14.5. The topological polar surface area (TPSA) is 68.9 Å². The van der Waals surface area contributed by atoms with Crippen LogP contribution >= 0.6 is 0 Å². The number of hydrogen-bond acceptors (Lipinski definition) is 3. The Balaban J connectivity index is 2.63. The standard InChI is InChI=1S/C15H22F3N3O2/c1-14(2,3)12(22-4)9-20-13(19)21-10-5-7-11(8-6-10)23-15(16,17)18/h5-8,12H,9H2,1-4H3,(H3,19,20,21). The van der Waals surface area contributed by atoms with Crippen LogP contribution in [0, 0.1) is 5.41 Å². The van der Waals surface area contributed by atoms with Crippen molar-refractivity contribution in [3.63, 3.8) is 0 Å². The third-order valence-electron chi connectivity index (χ3n) is 3.04. The fraction of sp³-hybridized carbons (Fsp3) is 0.533. The highest BCUT2D eigenvalue weighted by Crippen LogP contribution is 2.24. The highest BCUT2D eigenvalue weighted by Gasteiger charge is 2.31. The largest absolute Gasteiger partial charge is 0.573 e. The summed E-state index contributed by atoms with van der Waals surface area (Å²) in [6, 6.07) is 5.22. The Labute approximate surface area is 133 Å². The molecule has 0 fully saturated rings. The summed E-state index contributed by atoms with van der Waals surface area (Å²) in [5, 5.41) is 2.80. The lowest BCUT2D eigenvalue weighted by atomic mass is 9.89. The number of ether oxygens (including phenoxy) is 2.